The number of furan rings is 1. The summed E-state index contributed by atoms with van der Waals surface area (Å²) < 4.78 is 13.6. The first-order valence-corrected chi connectivity index (χ1v) is 10.9. The monoisotopic (exact) mass is 438 g/mol. The highest BCUT2D eigenvalue weighted by Crippen LogP contribution is 2.36. The minimum absolute atomic E-state index is 0.502. The summed E-state index contributed by atoms with van der Waals surface area (Å²) in [5.74, 6) is 1.96. The van der Waals surface area contributed by atoms with Gasteiger partial charge in [0.15, 0.2) is 17.2 Å². The largest absolute Gasteiger partial charge is 0.449 e. The molecule has 0 radical (unpaired) electrons. The predicted octanol–water partition coefficient (Wildman–Crippen LogP) is 4.28. The Balaban J connectivity index is 1.52. The zero-order valence-electron chi connectivity index (χ0n) is 18.2. The lowest BCUT2D eigenvalue weighted by Gasteiger charge is -2.27. The molecule has 8 nitrogen and oxygen atoms in total. The van der Waals surface area contributed by atoms with E-state index < -0.39 is 0 Å². The van der Waals surface area contributed by atoms with E-state index in [2.05, 4.69) is 9.88 Å². The second-order valence-electron chi connectivity index (χ2n) is 7.91. The Morgan fingerprint density at radius 1 is 0.879 bits per heavy atom. The van der Waals surface area contributed by atoms with E-state index in [4.69, 9.17) is 24.2 Å². The van der Waals surface area contributed by atoms with Crippen molar-refractivity contribution in [2.45, 2.75) is 6.92 Å². The maximum absolute atomic E-state index is 6.34. The molecule has 8 heteroatoms. The Morgan fingerprint density at radius 3 is 2.48 bits per heavy atom. The standard InChI is InChI=1S/C25H22N6O2/c1-17-21-23(33-22(17)20-9-5-6-11-26-20)24(30-13-15-32-16-14-30)28-25(27-21)31-12-10-19(29-31)18-7-3-2-4-8-18/h2-12H,13-16H2,1H3. The number of rotatable bonds is 4. The van der Waals surface area contributed by atoms with Gasteiger partial charge in [0.2, 0.25) is 0 Å². The molecule has 0 aliphatic carbocycles. The summed E-state index contributed by atoms with van der Waals surface area (Å²) in [5, 5.41) is 4.74. The van der Waals surface area contributed by atoms with Crippen LogP contribution in [0.1, 0.15) is 5.56 Å². The average Bonchev–Trinajstić information content (AvgIpc) is 3.51. The quantitative estimate of drug-likeness (QED) is 0.414. The number of hydrogen-bond donors (Lipinski definition) is 0. The number of morpholine rings is 1. The van der Waals surface area contributed by atoms with Crippen LogP contribution in [0.3, 0.4) is 0 Å². The van der Waals surface area contributed by atoms with Crippen LogP contribution in [0.5, 0.6) is 0 Å². The van der Waals surface area contributed by atoms with Crippen molar-refractivity contribution in [3.05, 3.63) is 72.6 Å². The van der Waals surface area contributed by atoms with Gasteiger partial charge in [0.25, 0.3) is 5.95 Å². The topological polar surface area (TPSA) is 82.1 Å². The van der Waals surface area contributed by atoms with E-state index in [0.29, 0.717) is 30.5 Å². The maximum Gasteiger partial charge on any atom is 0.253 e. The highest BCUT2D eigenvalue weighted by atomic mass is 16.5. The van der Waals surface area contributed by atoms with E-state index in [1.165, 1.54) is 0 Å². The summed E-state index contributed by atoms with van der Waals surface area (Å²) in [7, 11) is 0. The van der Waals surface area contributed by atoms with Crippen LogP contribution in [0.2, 0.25) is 0 Å². The van der Waals surface area contributed by atoms with Crippen molar-refractivity contribution in [3.8, 4) is 28.7 Å². The van der Waals surface area contributed by atoms with Crippen LogP contribution < -0.4 is 4.90 Å². The fraction of sp³-hybridized carbons (Fsp3) is 0.200. The van der Waals surface area contributed by atoms with E-state index in [1.54, 1.807) is 10.9 Å². The Labute approximate surface area is 190 Å². The summed E-state index contributed by atoms with van der Waals surface area (Å²) in [6.07, 6.45) is 3.65. The number of anilines is 1. The van der Waals surface area contributed by atoms with E-state index >= 15 is 0 Å². The van der Waals surface area contributed by atoms with Gasteiger partial charge in [-0.05, 0) is 25.1 Å². The molecule has 1 fully saturated rings. The highest BCUT2D eigenvalue weighted by Gasteiger charge is 2.25. The molecule has 0 unspecified atom stereocenters. The Kier molecular flexibility index (Phi) is 4.84. The first-order chi connectivity index (χ1) is 16.3. The van der Waals surface area contributed by atoms with Gasteiger partial charge >= 0.3 is 0 Å². The fourth-order valence-corrected chi connectivity index (χ4v) is 4.09. The molecule has 4 aromatic heterocycles. The predicted molar refractivity (Wildman–Crippen MR) is 125 cm³/mol. The van der Waals surface area contributed by atoms with Crippen molar-refractivity contribution in [2.24, 2.45) is 0 Å². The molecular formula is C25H22N6O2. The normalized spacial score (nSPS) is 14.2. The van der Waals surface area contributed by atoms with Crippen LogP contribution in [0.4, 0.5) is 5.82 Å². The summed E-state index contributed by atoms with van der Waals surface area (Å²) in [5.41, 5.74) is 5.03. The van der Waals surface area contributed by atoms with Gasteiger partial charge in [0.1, 0.15) is 11.2 Å². The molecule has 1 saturated heterocycles. The molecule has 0 saturated carbocycles. The molecule has 0 amide bonds. The van der Waals surface area contributed by atoms with Gasteiger partial charge in [-0.3, -0.25) is 4.98 Å². The maximum atomic E-state index is 6.34. The number of hydrogen-bond acceptors (Lipinski definition) is 7. The third-order valence-corrected chi connectivity index (χ3v) is 5.81. The SMILES string of the molecule is Cc1c(-c2ccccn2)oc2c(N3CCOCC3)nc(-n3ccc(-c4ccccc4)n3)nc12. The molecule has 164 valence electrons. The van der Waals surface area contributed by atoms with Gasteiger partial charge in [-0.1, -0.05) is 36.4 Å². The lowest BCUT2D eigenvalue weighted by molar-refractivity contribution is 0.122. The van der Waals surface area contributed by atoms with Crippen molar-refractivity contribution in [3.63, 3.8) is 0 Å². The number of nitrogens with zero attached hydrogens (tertiary/aromatic N) is 6. The number of aromatic nitrogens is 5. The van der Waals surface area contributed by atoms with Crippen molar-refractivity contribution in [1.82, 2.24) is 24.7 Å². The van der Waals surface area contributed by atoms with Gasteiger partial charge in [-0.15, -0.1) is 0 Å². The van der Waals surface area contributed by atoms with Crippen LogP contribution in [0, 0.1) is 6.92 Å². The first kappa shape index (κ1) is 19.6. The summed E-state index contributed by atoms with van der Waals surface area (Å²) in [4.78, 5) is 16.4. The van der Waals surface area contributed by atoms with Gasteiger partial charge < -0.3 is 14.1 Å². The van der Waals surface area contributed by atoms with Crippen LogP contribution in [0.15, 0.2) is 71.4 Å². The van der Waals surface area contributed by atoms with E-state index in [1.807, 2.05) is 67.7 Å². The molecule has 0 N–H and O–H groups in total. The van der Waals surface area contributed by atoms with E-state index in [0.717, 1.165) is 46.9 Å². The molecule has 0 bridgehead atoms. The van der Waals surface area contributed by atoms with Crippen LogP contribution in [-0.4, -0.2) is 51.0 Å². The first-order valence-electron chi connectivity index (χ1n) is 10.9. The molecule has 5 aromatic rings. The Morgan fingerprint density at radius 2 is 1.70 bits per heavy atom. The molecule has 0 spiro atoms. The van der Waals surface area contributed by atoms with Crippen molar-refractivity contribution >= 4 is 16.9 Å². The fourth-order valence-electron chi connectivity index (χ4n) is 4.09. The lowest BCUT2D eigenvalue weighted by atomic mass is 10.2. The number of fused-ring (bicyclic) bond motifs is 1. The number of benzene rings is 1. The van der Waals surface area contributed by atoms with Crippen molar-refractivity contribution in [2.75, 3.05) is 31.2 Å². The molecule has 1 aliphatic rings. The molecule has 5 heterocycles. The smallest absolute Gasteiger partial charge is 0.253 e. The van der Waals surface area contributed by atoms with Gasteiger partial charge in [-0.25, -0.2) is 9.67 Å². The zero-order chi connectivity index (χ0) is 22.2. The third kappa shape index (κ3) is 3.54. The van der Waals surface area contributed by atoms with Crippen molar-refractivity contribution < 1.29 is 9.15 Å². The second kappa shape index (κ2) is 8.14. The number of pyridine rings is 1. The molecule has 0 atom stereocenters. The zero-order valence-corrected chi connectivity index (χ0v) is 18.2. The van der Waals surface area contributed by atoms with Crippen LogP contribution in [0.25, 0.3) is 39.8 Å². The van der Waals surface area contributed by atoms with Crippen LogP contribution >= 0.6 is 0 Å². The summed E-state index contributed by atoms with van der Waals surface area (Å²) >= 11 is 0. The average molecular weight is 438 g/mol. The van der Waals surface area contributed by atoms with Gasteiger partial charge in [0, 0.05) is 36.6 Å². The minimum Gasteiger partial charge on any atom is -0.449 e. The Bertz CT molecular complexity index is 1410. The summed E-state index contributed by atoms with van der Waals surface area (Å²) in [6, 6.07) is 17.8. The number of ether oxygens (including phenoxy) is 1. The molecular weight excluding hydrogens is 416 g/mol. The summed E-state index contributed by atoms with van der Waals surface area (Å²) in [6.45, 7) is 4.77. The Hall–Kier alpha value is -4.04. The lowest BCUT2D eigenvalue weighted by Crippen LogP contribution is -2.37. The van der Waals surface area contributed by atoms with Crippen LogP contribution in [-0.2, 0) is 4.74 Å². The van der Waals surface area contributed by atoms with Gasteiger partial charge in [0.05, 0.1) is 18.9 Å². The number of aryl methyl sites for hydroxylation is 1. The molecule has 6 rings (SSSR count). The second-order valence-corrected chi connectivity index (χ2v) is 7.91. The van der Waals surface area contributed by atoms with E-state index in [-0.39, 0.29) is 0 Å². The third-order valence-electron chi connectivity index (χ3n) is 5.81. The molecule has 1 aromatic carbocycles. The van der Waals surface area contributed by atoms with E-state index in [9.17, 15) is 0 Å². The highest BCUT2D eigenvalue weighted by molar-refractivity contribution is 5.91. The molecule has 1 aliphatic heterocycles. The minimum atomic E-state index is 0.502. The van der Waals surface area contributed by atoms with Crippen molar-refractivity contribution in [1.29, 1.82) is 0 Å². The molecule has 33 heavy (non-hydrogen) atoms. The van der Waals surface area contributed by atoms with Gasteiger partial charge in [-0.2, -0.15) is 10.1 Å².